The van der Waals surface area contributed by atoms with Crippen molar-refractivity contribution in [2.45, 2.75) is 6.42 Å². The quantitative estimate of drug-likeness (QED) is 0.449. The maximum absolute atomic E-state index is 10.2. The van der Waals surface area contributed by atoms with Gasteiger partial charge in [0.05, 0.1) is 4.92 Å². The van der Waals surface area contributed by atoms with Gasteiger partial charge in [0.25, 0.3) is 5.70 Å². The maximum Gasteiger partial charge on any atom is 0.265 e. The molecule has 0 radical (unpaired) electrons. The summed E-state index contributed by atoms with van der Waals surface area (Å²) < 4.78 is 0. The molecule has 58 valence electrons. The molecule has 0 aromatic heterocycles. The Hall–Kier alpha value is -1.58. The minimum Gasteiger partial charge on any atom is -0.399 e. The fourth-order valence-electron chi connectivity index (χ4n) is 0.769. The van der Waals surface area contributed by atoms with Gasteiger partial charge in [-0.3, -0.25) is 10.1 Å². The van der Waals surface area contributed by atoms with Gasteiger partial charge < -0.3 is 5.73 Å². The van der Waals surface area contributed by atoms with Crippen molar-refractivity contribution in [1.82, 2.24) is 0 Å². The highest BCUT2D eigenvalue weighted by molar-refractivity contribution is 5.26. The highest BCUT2D eigenvalue weighted by atomic mass is 16.6. The van der Waals surface area contributed by atoms with Crippen LogP contribution in [0.5, 0.6) is 0 Å². The van der Waals surface area contributed by atoms with Gasteiger partial charge in [0, 0.05) is 11.8 Å². The van der Waals surface area contributed by atoms with Crippen LogP contribution < -0.4 is 5.73 Å². The van der Waals surface area contributed by atoms with E-state index in [1.165, 1.54) is 18.2 Å². The SMILES string of the molecule is NC1=CCC=C([N+](=O)[O-])C=C1. The maximum atomic E-state index is 10.2. The van der Waals surface area contributed by atoms with Gasteiger partial charge in [-0.05, 0) is 18.6 Å². The third-order valence-corrected chi connectivity index (χ3v) is 1.34. The molecule has 1 aliphatic carbocycles. The molecule has 4 heteroatoms. The topological polar surface area (TPSA) is 69.2 Å². The summed E-state index contributed by atoms with van der Waals surface area (Å²) >= 11 is 0. The highest BCUT2D eigenvalue weighted by Crippen LogP contribution is 2.07. The Bertz CT molecular complexity index is 264. The van der Waals surface area contributed by atoms with E-state index in [4.69, 9.17) is 5.73 Å². The first-order valence-electron chi connectivity index (χ1n) is 3.18. The Kier molecular flexibility index (Phi) is 2.06. The number of rotatable bonds is 1. The second-order valence-corrected chi connectivity index (χ2v) is 2.16. The van der Waals surface area contributed by atoms with E-state index in [0.29, 0.717) is 12.1 Å². The summed E-state index contributed by atoms with van der Waals surface area (Å²) in [5.41, 5.74) is 6.08. The molecule has 0 saturated carbocycles. The molecular formula is C7H8N2O2. The van der Waals surface area contributed by atoms with E-state index in [-0.39, 0.29) is 5.70 Å². The fraction of sp³-hybridized carbons (Fsp3) is 0.143. The largest absolute Gasteiger partial charge is 0.399 e. The second-order valence-electron chi connectivity index (χ2n) is 2.16. The van der Waals surface area contributed by atoms with E-state index < -0.39 is 4.92 Å². The van der Waals surface area contributed by atoms with Crippen LogP contribution in [0.2, 0.25) is 0 Å². The number of hydrogen-bond donors (Lipinski definition) is 1. The summed E-state index contributed by atoms with van der Waals surface area (Å²) in [5.74, 6) is 0. The molecular weight excluding hydrogens is 144 g/mol. The summed E-state index contributed by atoms with van der Waals surface area (Å²) in [4.78, 5) is 9.81. The summed E-state index contributed by atoms with van der Waals surface area (Å²) in [6, 6.07) is 0. The third kappa shape index (κ3) is 1.93. The lowest BCUT2D eigenvalue weighted by molar-refractivity contribution is -0.419. The molecule has 0 fully saturated rings. The van der Waals surface area contributed by atoms with Crippen LogP contribution in [0.3, 0.4) is 0 Å². The summed E-state index contributed by atoms with van der Waals surface area (Å²) in [6.45, 7) is 0. The molecule has 0 spiro atoms. The van der Waals surface area contributed by atoms with E-state index in [2.05, 4.69) is 0 Å². The molecule has 1 aliphatic rings. The van der Waals surface area contributed by atoms with Crippen molar-refractivity contribution in [3.05, 3.63) is 45.8 Å². The molecule has 0 aliphatic heterocycles. The number of nitrogens with zero attached hydrogens (tertiary/aromatic N) is 1. The standard InChI is InChI=1S/C7H8N2O2/c8-6-2-1-3-7(5-4-6)9(10)11/h2-5H,1,8H2. The fourth-order valence-corrected chi connectivity index (χ4v) is 0.769. The van der Waals surface area contributed by atoms with Crippen LogP contribution in [0.25, 0.3) is 0 Å². The first-order valence-corrected chi connectivity index (χ1v) is 3.18. The number of hydrogen-bond acceptors (Lipinski definition) is 3. The van der Waals surface area contributed by atoms with Gasteiger partial charge in [0.15, 0.2) is 0 Å². The minimum atomic E-state index is -0.428. The highest BCUT2D eigenvalue weighted by Gasteiger charge is 2.05. The molecule has 0 bridgehead atoms. The van der Waals surface area contributed by atoms with E-state index in [9.17, 15) is 10.1 Å². The van der Waals surface area contributed by atoms with Gasteiger partial charge in [-0.15, -0.1) is 0 Å². The Morgan fingerprint density at radius 3 is 2.82 bits per heavy atom. The van der Waals surface area contributed by atoms with Gasteiger partial charge in [-0.2, -0.15) is 0 Å². The summed E-state index contributed by atoms with van der Waals surface area (Å²) in [6.07, 6.45) is 6.71. The smallest absolute Gasteiger partial charge is 0.265 e. The van der Waals surface area contributed by atoms with Crippen LogP contribution in [0, 0.1) is 10.1 Å². The van der Waals surface area contributed by atoms with E-state index in [0.717, 1.165) is 0 Å². The van der Waals surface area contributed by atoms with Gasteiger partial charge in [-0.1, -0.05) is 6.08 Å². The number of allylic oxidation sites excluding steroid dienone is 4. The van der Waals surface area contributed by atoms with Gasteiger partial charge in [-0.25, -0.2) is 0 Å². The van der Waals surface area contributed by atoms with Crippen molar-refractivity contribution in [3.63, 3.8) is 0 Å². The van der Waals surface area contributed by atoms with Crippen molar-refractivity contribution >= 4 is 0 Å². The van der Waals surface area contributed by atoms with Crippen LogP contribution >= 0.6 is 0 Å². The average molecular weight is 152 g/mol. The predicted molar refractivity (Wildman–Crippen MR) is 41.1 cm³/mol. The monoisotopic (exact) mass is 152 g/mol. The van der Waals surface area contributed by atoms with Crippen molar-refractivity contribution in [2.75, 3.05) is 0 Å². The van der Waals surface area contributed by atoms with Crippen molar-refractivity contribution in [2.24, 2.45) is 5.73 Å². The number of nitrogens with two attached hydrogens (primary N) is 1. The first-order chi connectivity index (χ1) is 5.20. The van der Waals surface area contributed by atoms with Crippen molar-refractivity contribution < 1.29 is 4.92 Å². The molecule has 0 unspecified atom stereocenters. The van der Waals surface area contributed by atoms with Gasteiger partial charge >= 0.3 is 0 Å². The lowest BCUT2D eigenvalue weighted by Crippen LogP contribution is -1.94. The van der Waals surface area contributed by atoms with Crippen molar-refractivity contribution in [1.29, 1.82) is 0 Å². The van der Waals surface area contributed by atoms with Crippen LogP contribution in [0.4, 0.5) is 0 Å². The molecule has 0 aromatic carbocycles. The second kappa shape index (κ2) is 3.01. The normalized spacial score (nSPS) is 16.7. The molecule has 11 heavy (non-hydrogen) atoms. The number of nitro groups is 1. The van der Waals surface area contributed by atoms with Gasteiger partial charge in [0.2, 0.25) is 0 Å². The molecule has 4 nitrogen and oxygen atoms in total. The predicted octanol–water partition coefficient (Wildman–Crippen LogP) is 0.950. The first kappa shape index (κ1) is 7.53. The Morgan fingerprint density at radius 1 is 1.45 bits per heavy atom. The third-order valence-electron chi connectivity index (χ3n) is 1.34. The lowest BCUT2D eigenvalue weighted by atomic mass is 10.3. The van der Waals surface area contributed by atoms with Gasteiger partial charge in [0.1, 0.15) is 0 Å². The lowest BCUT2D eigenvalue weighted by Gasteiger charge is -1.86. The molecule has 0 heterocycles. The molecule has 0 amide bonds. The van der Waals surface area contributed by atoms with E-state index in [1.54, 1.807) is 6.08 Å². The van der Waals surface area contributed by atoms with E-state index >= 15 is 0 Å². The Morgan fingerprint density at radius 2 is 2.18 bits per heavy atom. The molecule has 0 atom stereocenters. The zero-order valence-electron chi connectivity index (χ0n) is 5.86. The molecule has 1 rings (SSSR count). The van der Waals surface area contributed by atoms with Crippen molar-refractivity contribution in [3.8, 4) is 0 Å². The van der Waals surface area contributed by atoms with Crippen LogP contribution in [0.1, 0.15) is 6.42 Å². The Balaban J connectivity index is 2.82. The Labute approximate surface area is 63.8 Å². The summed E-state index contributed by atoms with van der Waals surface area (Å²) in [7, 11) is 0. The van der Waals surface area contributed by atoms with Crippen LogP contribution in [-0.4, -0.2) is 4.92 Å². The van der Waals surface area contributed by atoms with Crippen LogP contribution in [-0.2, 0) is 0 Å². The molecule has 2 N–H and O–H groups in total. The van der Waals surface area contributed by atoms with E-state index in [1.807, 2.05) is 0 Å². The van der Waals surface area contributed by atoms with Crippen LogP contribution in [0.15, 0.2) is 35.7 Å². The zero-order valence-corrected chi connectivity index (χ0v) is 5.86. The average Bonchev–Trinajstić information content (AvgIpc) is 2.13. The molecule has 0 aromatic rings. The zero-order chi connectivity index (χ0) is 8.27. The summed E-state index contributed by atoms with van der Waals surface area (Å²) in [5, 5.41) is 10.2. The molecule has 0 saturated heterocycles. The minimum absolute atomic E-state index is 0.0988.